The summed E-state index contributed by atoms with van der Waals surface area (Å²) in [7, 11) is 6.15. The Morgan fingerprint density at radius 3 is 1.85 bits per heavy atom. The Bertz CT molecular complexity index is 830. The van der Waals surface area contributed by atoms with Gasteiger partial charge in [0.2, 0.25) is 11.5 Å². The average molecular weight is 370 g/mol. The van der Waals surface area contributed by atoms with Crippen molar-refractivity contribution in [3.8, 4) is 23.0 Å². The molecule has 0 spiro atoms. The number of rotatable bonds is 6. The van der Waals surface area contributed by atoms with Crippen molar-refractivity contribution in [2.75, 3.05) is 28.4 Å². The molecule has 2 aromatic rings. The minimum Gasteiger partial charge on any atom is -0.497 e. The number of methoxy groups -OCH3 is 4. The van der Waals surface area contributed by atoms with Gasteiger partial charge in [-0.25, -0.2) is 0 Å². The van der Waals surface area contributed by atoms with Crippen molar-refractivity contribution in [2.45, 2.75) is 18.3 Å². The molecule has 2 unspecified atom stereocenters. The third-order valence-electron chi connectivity index (χ3n) is 4.96. The van der Waals surface area contributed by atoms with Crippen LogP contribution in [-0.4, -0.2) is 40.0 Å². The lowest BCUT2D eigenvalue weighted by atomic mass is 9.83. The van der Waals surface area contributed by atoms with Crippen LogP contribution in [0.5, 0.6) is 23.0 Å². The Balaban J connectivity index is 2.08. The average Bonchev–Trinajstić information content (AvgIpc) is 3.01. The van der Waals surface area contributed by atoms with Gasteiger partial charge in [-0.15, -0.1) is 0 Å². The van der Waals surface area contributed by atoms with Crippen LogP contribution in [0.25, 0.3) is 0 Å². The number of carbonyl (C=O) groups is 2. The van der Waals surface area contributed by atoms with Crippen molar-refractivity contribution >= 4 is 11.6 Å². The van der Waals surface area contributed by atoms with E-state index in [0.29, 0.717) is 22.8 Å². The maximum Gasteiger partial charge on any atom is 0.206 e. The van der Waals surface area contributed by atoms with E-state index in [1.807, 2.05) is 24.3 Å². The van der Waals surface area contributed by atoms with E-state index >= 15 is 0 Å². The molecule has 1 fully saturated rings. The number of ketones is 2. The van der Waals surface area contributed by atoms with Crippen molar-refractivity contribution < 1.29 is 28.5 Å². The van der Waals surface area contributed by atoms with Gasteiger partial charge in [0.25, 0.3) is 0 Å². The zero-order chi connectivity index (χ0) is 19.6. The molecule has 0 N–H and O–H groups in total. The predicted octanol–water partition coefficient (Wildman–Crippen LogP) is 3.13. The van der Waals surface area contributed by atoms with Crippen LogP contribution in [0.3, 0.4) is 0 Å². The van der Waals surface area contributed by atoms with Crippen LogP contribution < -0.4 is 18.9 Å². The van der Waals surface area contributed by atoms with Crippen LogP contribution in [-0.2, 0) is 9.59 Å². The predicted molar refractivity (Wildman–Crippen MR) is 99.2 cm³/mol. The van der Waals surface area contributed by atoms with Crippen LogP contribution in [0.2, 0.25) is 0 Å². The SMILES string of the molecule is COc1ccc(C2CC(=O)C(=O)C2c2cc(OC)c(OC)c(OC)c2)cc1. The fraction of sp³-hybridized carbons (Fsp3) is 0.333. The molecule has 2 aromatic carbocycles. The van der Waals surface area contributed by atoms with Gasteiger partial charge in [-0.1, -0.05) is 12.1 Å². The first-order valence-electron chi connectivity index (χ1n) is 8.54. The van der Waals surface area contributed by atoms with Crippen molar-refractivity contribution in [3.63, 3.8) is 0 Å². The van der Waals surface area contributed by atoms with Crippen LogP contribution in [0.4, 0.5) is 0 Å². The second-order valence-electron chi connectivity index (χ2n) is 6.31. The molecule has 1 saturated carbocycles. The zero-order valence-corrected chi connectivity index (χ0v) is 15.8. The van der Waals surface area contributed by atoms with Crippen molar-refractivity contribution in [3.05, 3.63) is 47.5 Å². The van der Waals surface area contributed by atoms with Gasteiger partial charge >= 0.3 is 0 Å². The van der Waals surface area contributed by atoms with Gasteiger partial charge in [-0.2, -0.15) is 0 Å². The molecule has 6 heteroatoms. The maximum atomic E-state index is 12.7. The van der Waals surface area contributed by atoms with Gasteiger partial charge in [-0.05, 0) is 35.4 Å². The Hall–Kier alpha value is -3.02. The molecule has 0 radical (unpaired) electrons. The first kappa shape index (κ1) is 18.8. The van der Waals surface area contributed by atoms with Crippen molar-refractivity contribution in [1.29, 1.82) is 0 Å². The van der Waals surface area contributed by atoms with Crippen LogP contribution >= 0.6 is 0 Å². The third kappa shape index (κ3) is 3.35. The fourth-order valence-electron chi connectivity index (χ4n) is 3.60. The number of ether oxygens (including phenoxy) is 4. The van der Waals surface area contributed by atoms with Gasteiger partial charge in [0.05, 0.1) is 34.4 Å². The summed E-state index contributed by atoms with van der Waals surface area (Å²) >= 11 is 0. The maximum absolute atomic E-state index is 12.7. The second kappa shape index (κ2) is 7.70. The molecule has 0 heterocycles. The van der Waals surface area contributed by atoms with E-state index in [2.05, 4.69) is 0 Å². The van der Waals surface area contributed by atoms with E-state index in [4.69, 9.17) is 18.9 Å². The second-order valence-corrected chi connectivity index (χ2v) is 6.31. The lowest BCUT2D eigenvalue weighted by Gasteiger charge is -2.21. The molecular weight excluding hydrogens is 348 g/mol. The summed E-state index contributed by atoms with van der Waals surface area (Å²) in [5.74, 6) is 0.457. The van der Waals surface area contributed by atoms with Gasteiger partial charge in [0, 0.05) is 12.3 Å². The summed E-state index contributed by atoms with van der Waals surface area (Å²) in [6, 6.07) is 10.9. The normalized spacial score (nSPS) is 19.1. The molecule has 1 aliphatic carbocycles. The molecule has 0 bridgehead atoms. The summed E-state index contributed by atoms with van der Waals surface area (Å²) in [5, 5.41) is 0. The highest BCUT2D eigenvalue weighted by molar-refractivity contribution is 6.41. The fourth-order valence-corrected chi connectivity index (χ4v) is 3.60. The number of benzene rings is 2. The molecule has 6 nitrogen and oxygen atoms in total. The van der Waals surface area contributed by atoms with Crippen LogP contribution in [0.15, 0.2) is 36.4 Å². The Morgan fingerprint density at radius 1 is 0.778 bits per heavy atom. The standard InChI is InChI=1S/C21H22O6/c1-24-14-7-5-12(6-8-14)15-11-16(22)20(23)19(15)13-9-17(25-2)21(27-4)18(10-13)26-3/h5-10,15,19H,11H2,1-4H3. The van der Waals surface area contributed by atoms with Gasteiger partial charge in [0.15, 0.2) is 17.3 Å². The monoisotopic (exact) mass is 370 g/mol. The van der Waals surface area contributed by atoms with Gasteiger partial charge in [0.1, 0.15) is 5.75 Å². The number of Topliss-reactive ketones (excluding diaryl/α,β-unsaturated/α-hetero) is 2. The highest BCUT2D eigenvalue weighted by Gasteiger charge is 2.43. The first-order chi connectivity index (χ1) is 13.0. The molecule has 0 aromatic heterocycles. The Labute approximate surface area is 158 Å². The summed E-state index contributed by atoms with van der Waals surface area (Å²) in [5.41, 5.74) is 1.58. The van der Waals surface area contributed by atoms with E-state index in [9.17, 15) is 9.59 Å². The number of hydrogen-bond acceptors (Lipinski definition) is 6. The van der Waals surface area contributed by atoms with E-state index in [0.717, 1.165) is 11.3 Å². The first-order valence-corrected chi connectivity index (χ1v) is 8.54. The van der Waals surface area contributed by atoms with E-state index in [1.54, 1.807) is 19.2 Å². The van der Waals surface area contributed by atoms with Crippen LogP contribution in [0.1, 0.15) is 29.4 Å². The smallest absolute Gasteiger partial charge is 0.206 e. The highest BCUT2D eigenvalue weighted by Crippen LogP contribution is 2.47. The Kier molecular flexibility index (Phi) is 5.35. The van der Waals surface area contributed by atoms with E-state index in [1.165, 1.54) is 21.3 Å². The summed E-state index contributed by atoms with van der Waals surface area (Å²) < 4.78 is 21.3. The third-order valence-corrected chi connectivity index (χ3v) is 4.96. The summed E-state index contributed by atoms with van der Waals surface area (Å²) in [6.45, 7) is 0. The van der Waals surface area contributed by atoms with E-state index in [-0.39, 0.29) is 18.1 Å². The largest absolute Gasteiger partial charge is 0.497 e. The number of carbonyl (C=O) groups excluding carboxylic acids is 2. The minimum absolute atomic E-state index is 0.173. The number of hydrogen-bond donors (Lipinski definition) is 0. The lowest BCUT2D eigenvalue weighted by molar-refractivity contribution is -0.134. The summed E-state index contributed by atoms with van der Waals surface area (Å²) in [6.07, 6.45) is 0.173. The van der Waals surface area contributed by atoms with E-state index < -0.39 is 11.7 Å². The van der Waals surface area contributed by atoms with Gasteiger partial charge in [-0.3, -0.25) is 9.59 Å². The quantitative estimate of drug-likeness (QED) is 0.728. The molecule has 3 rings (SSSR count). The Morgan fingerprint density at radius 2 is 1.37 bits per heavy atom. The molecule has 2 atom stereocenters. The molecule has 0 amide bonds. The summed E-state index contributed by atoms with van der Waals surface area (Å²) in [4.78, 5) is 24.9. The van der Waals surface area contributed by atoms with Gasteiger partial charge < -0.3 is 18.9 Å². The zero-order valence-electron chi connectivity index (χ0n) is 15.8. The molecule has 0 aliphatic heterocycles. The molecule has 142 valence electrons. The van der Waals surface area contributed by atoms with Crippen molar-refractivity contribution in [2.24, 2.45) is 0 Å². The van der Waals surface area contributed by atoms with Crippen LogP contribution in [0, 0.1) is 0 Å². The topological polar surface area (TPSA) is 71.1 Å². The highest BCUT2D eigenvalue weighted by atomic mass is 16.5. The molecule has 1 aliphatic rings. The molecular formula is C21H22O6. The molecule has 0 saturated heterocycles. The van der Waals surface area contributed by atoms with Crippen molar-refractivity contribution in [1.82, 2.24) is 0 Å². The molecule has 27 heavy (non-hydrogen) atoms. The lowest BCUT2D eigenvalue weighted by Crippen LogP contribution is -2.15. The minimum atomic E-state index is -0.598.